The van der Waals surface area contributed by atoms with Gasteiger partial charge in [0.2, 0.25) is 5.95 Å². The molecular weight excluding hydrogens is 627 g/mol. The third kappa shape index (κ3) is 5.31. The third-order valence-electron chi connectivity index (χ3n) is 6.54. The highest BCUT2D eigenvalue weighted by molar-refractivity contribution is 9.10. The molecule has 12 heteroatoms. The predicted molar refractivity (Wildman–Crippen MR) is 154 cm³/mol. The van der Waals surface area contributed by atoms with Crippen LogP contribution in [0.5, 0.6) is 5.75 Å². The highest BCUT2D eigenvalue weighted by Crippen LogP contribution is 2.44. The number of ether oxygens (including phenoxy) is 1. The fourth-order valence-electron chi connectivity index (χ4n) is 4.62. The van der Waals surface area contributed by atoms with Crippen molar-refractivity contribution in [2.24, 2.45) is 0 Å². The predicted octanol–water partition coefficient (Wildman–Crippen LogP) is 6.08. The number of anilines is 2. The van der Waals surface area contributed by atoms with Crippen LogP contribution in [0.15, 0.2) is 82.4 Å². The van der Waals surface area contributed by atoms with Crippen molar-refractivity contribution in [3.63, 3.8) is 0 Å². The second-order valence-corrected chi connectivity index (χ2v) is 12.8. The molecule has 0 bridgehead atoms. The summed E-state index contributed by atoms with van der Waals surface area (Å²) in [6.07, 6.45) is 1.48. The lowest BCUT2D eigenvalue weighted by molar-refractivity contribution is -0.124. The van der Waals surface area contributed by atoms with Gasteiger partial charge in [-0.1, -0.05) is 63.4 Å². The standard InChI is InChI=1S/C27H23BrCl2N4O4S/c1-27(14-17-3-7-19(28)8-4-17)25(35)33(22-12-20(29)11-21(30)13-22)26-31-16-24(34(26)27)39(36,37)32-15-18-5-9-23(38-2)10-6-18/h3-13,16,32H,14-15H2,1-2H3. The largest absolute Gasteiger partial charge is 0.497 e. The van der Waals surface area contributed by atoms with Crippen LogP contribution in [0.3, 0.4) is 0 Å². The molecule has 1 unspecified atom stereocenters. The van der Waals surface area contributed by atoms with Gasteiger partial charge >= 0.3 is 0 Å². The number of hydrogen-bond donors (Lipinski definition) is 1. The van der Waals surface area contributed by atoms with Gasteiger partial charge in [-0.3, -0.25) is 9.36 Å². The van der Waals surface area contributed by atoms with E-state index in [4.69, 9.17) is 27.9 Å². The Bertz CT molecular complexity index is 1640. The van der Waals surface area contributed by atoms with Crippen molar-refractivity contribution in [1.29, 1.82) is 0 Å². The zero-order valence-corrected chi connectivity index (χ0v) is 24.8. The van der Waals surface area contributed by atoms with Gasteiger partial charge in [-0.05, 0) is 60.5 Å². The second-order valence-electron chi connectivity index (χ2n) is 9.25. The van der Waals surface area contributed by atoms with E-state index in [0.717, 1.165) is 15.6 Å². The average Bonchev–Trinajstić information content (AvgIpc) is 3.42. The summed E-state index contributed by atoms with van der Waals surface area (Å²) in [6.45, 7) is 1.75. The molecule has 5 rings (SSSR count). The fourth-order valence-corrected chi connectivity index (χ4v) is 6.62. The Morgan fingerprint density at radius 3 is 2.23 bits per heavy atom. The lowest BCUT2D eigenvalue weighted by Crippen LogP contribution is -2.42. The van der Waals surface area contributed by atoms with Crippen molar-refractivity contribution in [2.75, 3.05) is 12.0 Å². The third-order valence-corrected chi connectivity index (χ3v) is 8.86. The summed E-state index contributed by atoms with van der Waals surface area (Å²) in [6, 6.07) is 19.3. The van der Waals surface area contributed by atoms with E-state index in [2.05, 4.69) is 25.6 Å². The first-order valence-electron chi connectivity index (χ1n) is 11.8. The molecule has 3 aromatic carbocycles. The van der Waals surface area contributed by atoms with Crippen LogP contribution in [0.2, 0.25) is 10.0 Å². The number of benzene rings is 3. The number of sulfonamides is 1. The van der Waals surface area contributed by atoms with E-state index in [1.165, 1.54) is 15.7 Å². The lowest BCUT2D eigenvalue weighted by Gasteiger charge is -2.26. The molecule has 1 amide bonds. The van der Waals surface area contributed by atoms with Crippen molar-refractivity contribution in [3.8, 4) is 5.75 Å². The van der Waals surface area contributed by atoms with Crippen LogP contribution in [0.1, 0.15) is 18.1 Å². The molecule has 1 aromatic heterocycles. The molecular formula is C27H23BrCl2N4O4S. The highest BCUT2D eigenvalue weighted by Gasteiger charge is 2.51. The molecule has 0 saturated heterocycles. The number of aromatic nitrogens is 2. The van der Waals surface area contributed by atoms with E-state index in [9.17, 15) is 13.2 Å². The molecule has 1 atom stereocenters. The Kier molecular flexibility index (Phi) is 7.51. The number of carbonyl (C=O) groups excluding carboxylic acids is 1. The molecule has 1 N–H and O–H groups in total. The number of hydrogen-bond acceptors (Lipinski definition) is 5. The molecule has 1 aliphatic rings. The summed E-state index contributed by atoms with van der Waals surface area (Å²) in [5.41, 5.74) is 0.649. The minimum absolute atomic E-state index is 0.0395. The second kappa shape index (κ2) is 10.6. The smallest absolute Gasteiger partial charge is 0.260 e. The summed E-state index contributed by atoms with van der Waals surface area (Å²) in [4.78, 5) is 19.9. The van der Waals surface area contributed by atoms with Gasteiger partial charge in [0.25, 0.3) is 15.9 Å². The molecule has 0 radical (unpaired) electrons. The summed E-state index contributed by atoms with van der Waals surface area (Å²) in [7, 11) is -2.53. The maximum absolute atomic E-state index is 14.1. The number of methoxy groups -OCH3 is 1. The number of fused-ring (bicyclic) bond motifs is 1. The highest BCUT2D eigenvalue weighted by atomic mass is 79.9. The van der Waals surface area contributed by atoms with Gasteiger partial charge in [-0.2, -0.15) is 0 Å². The Labute approximate surface area is 244 Å². The first-order chi connectivity index (χ1) is 18.5. The molecule has 39 heavy (non-hydrogen) atoms. The number of nitrogens with zero attached hydrogens (tertiary/aromatic N) is 3. The zero-order chi connectivity index (χ0) is 27.9. The van der Waals surface area contributed by atoms with E-state index in [1.54, 1.807) is 56.5 Å². The number of rotatable bonds is 8. The monoisotopic (exact) mass is 648 g/mol. The fraction of sp³-hybridized carbons (Fsp3) is 0.185. The van der Waals surface area contributed by atoms with Gasteiger partial charge < -0.3 is 4.74 Å². The van der Waals surface area contributed by atoms with Crippen LogP contribution < -0.4 is 14.4 Å². The molecule has 202 valence electrons. The average molecular weight is 650 g/mol. The van der Waals surface area contributed by atoms with Crippen LogP contribution in [0, 0.1) is 0 Å². The topological polar surface area (TPSA) is 93.5 Å². The van der Waals surface area contributed by atoms with E-state index in [-0.39, 0.29) is 29.8 Å². The van der Waals surface area contributed by atoms with Crippen LogP contribution in [0.4, 0.5) is 11.6 Å². The number of carbonyl (C=O) groups is 1. The Morgan fingerprint density at radius 1 is 1.00 bits per heavy atom. The van der Waals surface area contributed by atoms with Crippen LogP contribution >= 0.6 is 39.1 Å². The van der Waals surface area contributed by atoms with Gasteiger partial charge in [-0.25, -0.2) is 23.0 Å². The van der Waals surface area contributed by atoms with Crippen molar-refractivity contribution in [1.82, 2.24) is 14.3 Å². The van der Waals surface area contributed by atoms with Crippen molar-refractivity contribution >= 4 is 66.7 Å². The SMILES string of the molecule is COc1ccc(CNS(=O)(=O)c2cnc3n2C(C)(Cc2ccc(Br)cc2)C(=O)N3c2cc(Cl)cc(Cl)c2)cc1. The van der Waals surface area contributed by atoms with Gasteiger partial charge in [0.1, 0.15) is 11.3 Å². The van der Waals surface area contributed by atoms with Crippen LogP contribution in [0.25, 0.3) is 0 Å². The summed E-state index contributed by atoms with van der Waals surface area (Å²) in [5, 5.41) is 0.535. The van der Waals surface area contributed by atoms with Gasteiger partial charge in [0.15, 0.2) is 5.03 Å². The normalized spacial score (nSPS) is 16.9. The van der Waals surface area contributed by atoms with Gasteiger partial charge in [-0.15, -0.1) is 0 Å². The first kappa shape index (κ1) is 27.7. The van der Waals surface area contributed by atoms with E-state index < -0.39 is 15.6 Å². The number of halogens is 3. The molecule has 2 heterocycles. The van der Waals surface area contributed by atoms with Gasteiger partial charge in [0.05, 0.1) is 19.0 Å². The maximum atomic E-state index is 14.1. The number of imidazole rings is 1. The Balaban J connectivity index is 1.58. The molecule has 0 saturated carbocycles. The lowest BCUT2D eigenvalue weighted by atomic mass is 9.92. The molecule has 0 fully saturated rings. The zero-order valence-electron chi connectivity index (χ0n) is 20.9. The number of amides is 1. The quantitative estimate of drug-likeness (QED) is 0.250. The maximum Gasteiger partial charge on any atom is 0.260 e. The van der Waals surface area contributed by atoms with Crippen LogP contribution in [-0.2, 0) is 33.3 Å². The summed E-state index contributed by atoms with van der Waals surface area (Å²) in [5.74, 6) is 0.458. The molecule has 8 nitrogen and oxygen atoms in total. The van der Waals surface area contributed by atoms with E-state index in [0.29, 0.717) is 21.5 Å². The molecule has 0 aliphatic carbocycles. The summed E-state index contributed by atoms with van der Waals surface area (Å²) >= 11 is 15.9. The van der Waals surface area contributed by atoms with Gasteiger partial charge in [0, 0.05) is 27.5 Å². The van der Waals surface area contributed by atoms with Crippen molar-refractivity contribution in [3.05, 3.63) is 98.6 Å². The first-order valence-corrected chi connectivity index (χ1v) is 14.8. The van der Waals surface area contributed by atoms with Crippen molar-refractivity contribution in [2.45, 2.75) is 30.5 Å². The minimum Gasteiger partial charge on any atom is -0.497 e. The Hall–Kier alpha value is -2.89. The molecule has 1 aliphatic heterocycles. The molecule has 4 aromatic rings. The van der Waals surface area contributed by atoms with E-state index in [1.807, 2.05) is 24.3 Å². The summed E-state index contributed by atoms with van der Waals surface area (Å²) < 4.78 is 37.4. The van der Waals surface area contributed by atoms with E-state index >= 15 is 0 Å². The Morgan fingerprint density at radius 2 is 1.62 bits per heavy atom. The molecule has 0 spiro atoms. The minimum atomic E-state index is -4.09. The van der Waals surface area contributed by atoms with Crippen molar-refractivity contribution < 1.29 is 17.9 Å². The van der Waals surface area contributed by atoms with Crippen LogP contribution in [-0.4, -0.2) is 31.0 Å². The number of nitrogens with one attached hydrogen (secondary N) is 1.